The maximum Gasteiger partial charge on any atom is 0.430 e. The molecule has 0 aromatic heterocycles. The highest BCUT2D eigenvalue weighted by atomic mass is 19.4. The van der Waals surface area contributed by atoms with Crippen molar-refractivity contribution in [1.29, 1.82) is 0 Å². The van der Waals surface area contributed by atoms with Gasteiger partial charge in [-0.05, 0) is 18.9 Å². The summed E-state index contributed by atoms with van der Waals surface area (Å²) in [4.78, 5) is 0. The predicted molar refractivity (Wildman–Crippen MR) is 76.8 cm³/mol. The molecule has 27 heavy (non-hydrogen) atoms. The first-order valence-corrected chi connectivity index (χ1v) is 7.73. The summed E-state index contributed by atoms with van der Waals surface area (Å²) in [6.07, 6.45) is -18.7. The van der Waals surface area contributed by atoms with Crippen molar-refractivity contribution in [3.63, 3.8) is 0 Å². The molecule has 1 rings (SSSR count). The number of hydrogen-bond acceptors (Lipinski definition) is 2. The molecule has 0 aliphatic carbocycles. The van der Waals surface area contributed by atoms with Gasteiger partial charge in [-0.25, -0.2) is 0 Å². The lowest BCUT2D eigenvalue weighted by molar-refractivity contribution is -0.418. The molecule has 0 saturated carbocycles. The number of hydrogen-bond donors (Lipinski definition) is 0. The molecular weight excluding hydrogens is 395 g/mol. The zero-order valence-electron chi connectivity index (χ0n) is 14.2. The van der Waals surface area contributed by atoms with Crippen molar-refractivity contribution in [3.8, 4) is 0 Å². The molecule has 0 bridgehead atoms. The molecule has 1 unspecified atom stereocenters. The van der Waals surface area contributed by atoms with Gasteiger partial charge in [-0.3, -0.25) is 0 Å². The summed E-state index contributed by atoms with van der Waals surface area (Å²) in [5.41, 5.74) is -5.93. The van der Waals surface area contributed by atoms with Crippen LogP contribution in [-0.4, -0.2) is 31.4 Å². The molecule has 0 aliphatic heterocycles. The molecule has 1 aromatic rings. The summed E-state index contributed by atoms with van der Waals surface area (Å²) in [6.45, 7) is 0.153. The summed E-state index contributed by atoms with van der Waals surface area (Å²) in [7, 11) is 0. The smallest absolute Gasteiger partial charge is 0.343 e. The van der Waals surface area contributed by atoms with Crippen LogP contribution in [0.4, 0.5) is 39.5 Å². The summed E-state index contributed by atoms with van der Waals surface area (Å²) in [5.74, 6) is 0. The maximum atomic E-state index is 13.6. The van der Waals surface area contributed by atoms with Gasteiger partial charge in [0.25, 0.3) is 5.60 Å². The molecule has 2 nitrogen and oxygen atoms in total. The van der Waals surface area contributed by atoms with Gasteiger partial charge in [0, 0.05) is 5.56 Å². The van der Waals surface area contributed by atoms with Crippen molar-refractivity contribution in [2.75, 3.05) is 6.61 Å². The highest BCUT2D eigenvalue weighted by Gasteiger charge is 2.74. The van der Waals surface area contributed by atoms with Gasteiger partial charge in [0.05, 0.1) is 0 Å². The number of aryl methyl sites for hydroxylation is 1. The molecule has 0 fully saturated rings. The molecule has 0 aliphatic rings. The van der Waals surface area contributed by atoms with Crippen LogP contribution in [0, 0.1) is 0 Å². The standard InChI is InChI=1S/C16H17F9O2/c1-3-5-11-6-4-7-12(8-11)14(15(20,21)22,16(23,24)25)27-10(2)26-9-13(17,18)19/h4,6-8,10H,3,5,9H2,1-2H3. The minimum Gasteiger partial charge on any atom is -0.343 e. The third kappa shape index (κ3) is 5.74. The quantitative estimate of drug-likeness (QED) is 0.410. The second-order valence-electron chi connectivity index (χ2n) is 5.74. The van der Waals surface area contributed by atoms with Crippen molar-refractivity contribution in [2.24, 2.45) is 0 Å². The third-order valence-electron chi connectivity index (χ3n) is 3.50. The molecule has 11 heteroatoms. The molecule has 1 aromatic carbocycles. The van der Waals surface area contributed by atoms with Crippen molar-refractivity contribution in [2.45, 2.75) is 57.1 Å². The Bertz CT molecular complexity index is 591. The molecular formula is C16H17F9O2. The van der Waals surface area contributed by atoms with E-state index in [9.17, 15) is 39.5 Å². The Morgan fingerprint density at radius 1 is 0.926 bits per heavy atom. The van der Waals surface area contributed by atoms with E-state index in [0.29, 0.717) is 25.5 Å². The van der Waals surface area contributed by atoms with E-state index in [1.807, 2.05) is 0 Å². The molecule has 0 N–H and O–H groups in total. The van der Waals surface area contributed by atoms with Crippen LogP contribution >= 0.6 is 0 Å². The number of rotatable bonds is 7. The first-order valence-electron chi connectivity index (χ1n) is 7.73. The normalized spacial score (nSPS) is 15.1. The highest BCUT2D eigenvalue weighted by Crippen LogP contribution is 2.53. The van der Waals surface area contributed by atoms with E-state index in [1.54, 1.807) is 6.92 Å². The van der Waals surface area contributed by atoms with Crippen molar-refractivity contribution < 1.29 is 49.0 Å². The molecule has 0 saturated heterocycles. The third-order valence-corrected chi connectivity index (χ3v) is 3.50. The fourth-order valence-electron chi connectivity index (χ4n) is 2.42. The first-order chi connectivity index (χ1) is 12.1. The highest BCUT2D eigenvalue weighted by molar-refractivity contribution is 5.32. The van der Waals surface area contributed by atoms with Gasteiger partial charge in [0.1, 0.15) is 6.61 Å². The van der Waals surface area contributed by atoms with Crippen LogP contribution in [0.25, 0.3) is 0 Å². The van der Waals surface area contributed by atoms with Crippen molar-refractivity contribution >= 4 is 0 Å². The Hall–Kier alpha value is -1.49. The number of benzene rings is 1. The zero-order chi connectivity index (χ0) is 21.1. The Morgan fingerprint density at radius 3 is 1.93 bits per heavy atom. The van der Waals surface area contributed by atoms with Gasteiger partial charge in [-0.2, -0.15) is 39.5 Å². The van der Waals surface area contributed by atoms with E-state index in [4.69, 9.17) is 0 Å². The van der Waals surface area contributed by atoms with Gasteiger partial charge < -0.3 is 9.47 Å². The van der Waals surface area contributed by atoms with Gasteiger partial charge in [0.15, 0.2) is 6.29 Å². The van der Waals surface area contributed by atoms with Gasteiger partial charge in [-0.15, -0.1) is 0 Å². The van der Waals surface area contributed by atoms with Gasteiger partial charge >= 0.3 is 18.5 Å². The predicted octanol–water partition coefficient (Wildman–Crippen LogP) is 5.90. The second kappa shape index (κ2) is 8.26. The zero-order valence-corrected chi connectivity index (χ0v) is 14.2. The van der Waals surface area contributed by atoms with Crippen LogP contribution in [0.5, 0.6) is 0 Å². The Labute approximate surface area is 149 Å². The van der Waals surface area contributed by atoms with Crippen LogP contribution in [0.2, 0.25) is 0 Å². The summed E-state index contributed by atoms with van der Waals surface area (Å²) in [5, 5.41) is 0. The van der Waals surface area contributed by atoms with E-state index in [0.717, 1.165) is 6.07 Å². The van der Waals surface area contributed by atoms with Crippen LogP contribution in [0.15, 0.2) is 24.3 Å². The van der Waals surface area contributed by atoms with Crippen LogP contribution in [0.1, 0.15) is 31.4 Å². The average Bonchev–Trinajstić information content (AvgIpc) is 2.48. The van der Waals surface area contributed by atoms with E-state index >= 15 is 0 Å². The van der Waals surface area contributed by atoms with E-state index in [1.165, 1.54) is 6.07 Å². The van der Waals surface area contributed by atoms with Crippen molar-refractivity contribution in [3.05, 3.63) is 35.4 Å². The van der Waals surface area contributed by atoms with Gasteiger partial charge in [-0.1, -0.05) is 37.6 Å². The van der Waals surface area contributed by atoms with E-state index in [-0.39, 0.29) is 12.0 Å². The Morgan fingerprint density at radius 2 is 1.48 bits per heavy atom. The summed E-state index contributed by atoms with van der Waals surface area (Å²) in [6, 6.07) is 3.59. The monoisotopic (exact) mass is 412 g/mol. The summed E-state index contributed by atoms with van der Waals surface area (Å²) >= 11 is 0. The van der Waals surface area contributed by atoms with Crippen LogP contribution in [-0.2, 0) is 21.5 Å². The average molecular weight is 412 g/mol. The maximum absolute atomic E-state index is 13.6. The lowest BCUT2D eigenvalue weighted by atomic mass is 9.90. The van der Waals surface area contributed by atoms with E-state index in [2.05, 4.69) is 9.47 Å². The molecule has 0 heterocycles. The summed E-state index contributed by atoms with van der Waals surface area (Å²) < 4.78 is 126. The fraction of sp³-hybridized carbons (Fsp3) is 0.625. The van der Waals surface area contributed by atoms with Crippen molar-refractivity contribution in [1.82, 2.24) is 0 Å². The second-order valence-corrected chi connectivity index (χ2v) is 5.74. The number of alkyl halides is 9. The minimum absolute atomic E-state index is 0.195. The van der Waals surface area contributed by atoms with Crippen LogP contribution < -0.4 is 0 Å². The fourth-order valence-corrected chi connectivity index (χ4v) is 2.42. The molecule has 1 atom stereocenters. The lowest BCUT2D eigenvalue weighted by Crippen LogP contribution is -2.57. The number of halogens is 9. The lowest BCUT2D eigenvalue weighted by Gasteiger charge is -2.39. The largest absolute Gasteiger partial charge is 0.430 e. The molecule has 0 radical (unpaired) electrons. The Kier molecular flexibility index (Phi) is 7.20. The van der Waals surface area contributed by atoms with Crippen LogP contribution in [0.3, 0.4) is 0 Å². The molecule has 156 valence electrons. The Balaban J connectivity index is 3.42. The number of ether oxygens (including phenoxy) is 2. The van der Waals surface area contributed by atoms with Gasteiger partial charge in [0.2, 0.25) is 0 Å². The topological polar surface area (TPSA) is 18.5 Å². The molecule has 0 amide bonds. The SMILES string of the molecule is CCCc1cccc(C(OC(C)OCC(F)(F)F)(C(F)(F)F)C(F)(F)F)c1. The molecule has 0 spiro atoms. The van der Waals surface area contributed by atoms with E-state index < -0.39 is 42.6 Å². The minimum atomic E-state index is -6.01. The first kappa shape index (κ1) is 23.5.